The molecule has 0 aromatic carbocycles. The number of halogens is 1. The van der Waals surface area contributed by atoms with Gasteiger partial charge in [-0.1, -0.05) is 13.8 Å². The first-order valence-electron chi connectivity index (χ1n) is 3.59. The van der Waals surface area contributed by atoms with Crippen LogP contribution in [0.2, 0.25) is 0 Å². The Kier molecular flexibility index (Phi) is 4.74. The first-order chi connectivity index (χ1) is 4.18. The quantitative estimate of drug-likeness (QED) is 0.619. The molecule has 1 fully saturated rings. The molecule has 0 aliphatic carbocycles. The maximum absolute atomic E-state index is 5.80. The summed E-state index contributed by atoms with van der Waals surface area (Å²) in [6.07, 6.45) is 2.41. The van der Waals surface area contributed by atoms with E-state index >= 15 is 0 Å². The summed E-state index contributed by atoms with van der Waals surface area (Å²) < 4.78 is 0. The van der Waals surface area contributed by atoms with Gasteiger partial charge in [-0.25, -0.2) is 0 Å². The van der Waals surface area contributed by atoms with Crippen LogP contribution in [-0.2, 0) is 0 Å². The molecule has 0 aromatic rings. The molecule has 0 radical (unpaired) electrons. The largest absolute Gasteiger partial charge is 0.328 e. The van der Waals surface area contributed by atoms with E-state index in [1.807, 2.05) is 0 Å². The van der Waals surface area contributed by atoms with Gasteiger partial charge in [0.2, 0.25) is 0 Å². The van der Waals surface area contributed by atoms with E-state index in [2.05, 4.69) is 25.6 Å². The monoisotopic (exact) mass is 181 g/mol. The van der Waals surface area contributed by atoms with Crippen LogP contribution in [0.5, 0.6) is 0 Å². The fraction of sp³-hybridized carbons (Fsp3) is 1.00. The second kappa shape index (κ2) is 4.47. The standard InChI is InChI=1S/C7H15NS.ClH/c1-5-3-7(8)4-6(2)9-5;/h5-7H,3-4,8H2,1-2H3;1H. The van der Waals surface area contributed by atoms with E-state index in [0.717, 1.165) is 10.5 Å². The zero-order chi connectivity index (χ0) is 6.85. The zero-order valence-electron chi connectivity index (χ0n) is 6.54. The highest BCUT2D eigenvalue weighted by atomic mass is 35.5. The third kappa shape index (κ3) is 3.13. The predicted molar refractivity (Wildman–Crippen MR) is 51.0 cm³/mol. The van der Waals surface area contributed by atoms with Gasteiger partial charge in [-0.2, -0.15) is 11.8 Å². The van der Waals surface area contributed by atoms with Crippen molar-refractivity contribution >= 4 is 24.2 Å². The highest BCUT2D eigenvalue weighted by molar-refractivity contribution is 8.00. The van der Waals surface area contributed by atoms with Gasteiger partial charge in [0.25, 0.3) is 0 Å². The Labute approximate surface area is 73.5 Å². The van der Waals surface area contributed by atoms with Gasteiger partial charge in [0.05, 0.1) is 0 Å². The smallest absolute Gasteiger partial charge is 0.00597 e. The molecular formula is C7H16ClNS. The van der Waals surface area contributed by atoms with Crippen molar-refractivity contribution in [3.05, 3.63) is 0 Å². The molecule has 1 heterocycles. The molecular weight excluding hydrogens is 166 g/mol. The summed E-state index contributed by atoms with van der Waals surface area (Å²) in [6.45, 7) is 4.53. The van der Waals surface area contributed by atoms with Gasteiger partial charge in [0.1, 0.15) is 0 Å². The molecule has 0 spiro atoms. The fourth-order valence-electron chi connectivity index (χ4n) is 1.46. The van der Waals surface area contributed by atoms with E-state index in [4.69, 9.17) is 5.73 Å². The molecule has 0 amide bonds. The van der Waals surface area contributed by atoms with Crippen molar-refractivity contribution in [1.82, 2.24) is 0 Å². The Bertz CT molecular complexity index is 74.6. The van der Waals surface area contributed by atoms with Crippen LogP contribution in [0.15, 0.2) is 0 Å². The number of hydrogen-bond acceptors (Lipinski definition) is 2. The Balaban J connectivity index is 0.000000810. The van der Waals surface area contributed by atoms with Crippen molar-refractivity contribution < 1.29 is 0 Å². The van der Waals surface area contributed by atoms with Crippen molar-refractivity contribution in [2.75, 3.05) is 0 Å². The second-order valence-corrected chi connectivity index (χ2v) is 4.87. The van der Waals surface area contributed by atoms with Gasteiger partial charge in [0, 0.05) is 16.5 Å². The summed E-state index contributed by atoms with van der Waals surface area (Å²) >= 11 is 2.06. The van der Waals surface area contributed by atoms with Crippen LogP contribution < -0.4 is 5.73 Å². The van der Waals surface area contributed by atoms with Gasteiger partial charge < -0.3 is 5.73 Å². The summed E-state index contributed by atoms with van der Waals surface area (Å²) in [5, 5.41) is 1.56. The van der Waals surface area contributed by atoms with Crippen molar-refractivity contribution in [1.29, 1.82) is 0 Å². The lowest BCUT2D eigenvalue weighted by Crippen LogP contribution is -2.32. The lowest BCUT2D eigenvalue weighted by Gasteiger charge is -2.28. The maximum Gasteiger partial charge on any atom is 0.00597 e. The van der Waals surface area contributed by atoms with Crippen LogP contribution >= 0.6 is 24.2 Å². The molecule has 1 nitrogen and oxygen atoms in total. The minimum absolute atomic E-state index is 0. The SMILES string of the molecule is CC1CC(N)CC(C)S1.Cl. The number of thioether (sulfide) groups is 1. The molecule has 0 aromatic heterocycles. The van der Waals surface area contributed by atoms with E-state index in [1.165, 1.54) is 12.8 Å². The minimum Gasteiger partial charge on any atom is -0.328 e. The molecule has 0 saturated carbocycles. The Hall–Kier alpha value is 0.600. The lowest BCUT2D eigenvalue weighted by atomic mass is 10.1. The fourth-order valence-corrected chi connectivity index (χ4v) is 2.97. The molecule has 1 saturated heterocycles. The molecule has 3 heteroatoms. The molecule has 1 rings (SSSR count). The number of nitrogens with two attached hydrogens (primary N) is 1. The van der Waals surface area contributed by atoms with Crippen molar-refractivity contribution in [3.8, 4) is 0 Å². The summed E-state index contributed by atoms with van der Waals surface area (Å²) in [6, 6.07) is 0.469. The van der Waals surface area contributed by atoms with Crippen LogP contribution in [0.4, 0.5) is 0 Å². The summed E-state index contributed by atoms with van der Waals surface area (Å²) in [4.78, 5) is 0. The molecule has 2 atom stereocenters. The zero-order valence-corrected chi connectivity index (χ0v) is 8.17. The van der Waals surface area contributed by atoms with Gasteiger partial charge in [-0.3, -0.25) is 0 Å². The molecule has 2 N–H and O–H groups in total. The molecule has 1 aliphatic heterocycles. The van der Waals surface area contributed by atoms with Crippen LogP contribution in [0.1, 0.15) is 26.7 Å². The summed E-state index contributed by atoms with van der Waals surface area (Å²) in [5.74, 6) is 0. The normalized spacial score (nSPS) is 40.5. The highest BCUT2D eigenvalue weighted by Gasteiger charge is 2.20. The first kappa shape index (κ1) is 10.6. The number of rotatable bonds is 0. The van der Waals surface area contributed by atoms with E-state index < -0.39 is 0 Å². The van der Waals surface area contributed by atoms with Crippen molar-refractivity contribution in [3.63, 3.8) is 0 Å². The van der Waals surface area contributed by atoms with Crippen LogP contribution in [-0.4, -0.2) is 16.5 Å². The average molecular weight is 182 g/mol. The van der Waals surface area contributed by atoms with Gasteiger partial charge in [0.15, 0.2) is 0 Å². The molecule has 0 bridgehead atoms. The minimum atomic E-state index is 0. The maximum atomic E-state index is 5.80. The van der Waals surface area contributed by atoms with E-state index in [9.17, 15) is 0 Å². The molecule has 10 heavy (non-hydrogen) atoms. The Morgan fingerprint density at radius 2 is 1.60 bits per heavy atom. The van der Waals surface area contributed by atoms with E-state index in [0.29, 0.717) is 6.04 Å². The third-order valence-electron chi connectivity index (χ3n) is 1.73. The highest BCUT2D eigenvalue weighted by Crippen LogP contribution is 2.29. The van der Waals surface area contributed by atoms with Gasteiger partial charge in [-0.05, 0) is 12.8 Å². The Morgan fingerprint density at radius 1 is 1.20 bits per heavy atom. The van der Waals surface area contributed by atoms with Crippen molar-refractivity contribution in [2.45, 2.75) is 43.2 Å². The van der Waals surface area contributed by atoms with E-state index in [-0.39, 0.29) is 12.4 Å². The Morgan fingerprint density at radius 3 is 1.90 bits per heavy atom. The topological polar surface area (TPSA) is 26.0 Å². The van der Waals surface area contributed by atoms with Gasteiger partial charge in [-0.15, -0.1) is 12.4 Å². The molecule has 2 unspecified atom stereocenters. The summed E-state index contributed by atoms with van der Waals surface area (Å²) in [7, 11) is 0. The predicted octanol–water partition coefficient (Wildman–Crippen LogP) is 2.04. The van der Waals surface area contributed by atoms with Crippen LogP contribution in [0.25, 0.3) is 0 Å². The van der Waals surface area contributed by atoms with Crippen molar-refractivity contribution in [2.24, 2.45) is 5.73 Å². The first-order valence-corrected chi connectivity index (χ1v) is 4.54. The van der Waals surface area contributed by atoms with Crippen LogP contribution in [0, 0.1) is 0 Å². The lowest BCUT2D eigenvalue weighted by molar-refractivity contribution is 0.543. The summed E-state index contributed by atoms with van der Waals surface area (Å²) in [5.41, 5.74) is 5.80. The second-order valence-electron chi connectivity index (χ2n) is 2.99. The van der Waals surface area contributed by atoms with E-state index in [1.54, 1.807) is 0 Å². The average Bonchev–Trinajstić information content (AvgIpc) is 1.59. The van der Waals surface area contributed by atoms with Crippen LogP contribution in [0.3, 0.4) is 0 Å². The number of hydrogen-bond donors (Lipinski definition) is 1. The molecule has 1 aliphatic rings. The third-order valence-corrected chi connectivity index (χ3v) is 3.05. The molecule has 62 valence electrons. The van der Waals surface area contributed by atoms with Gasteiger partial charge >= 0.3 is 0 Å².